The highest BCUT2D eigenvalue weighted by atomic mass is 35.5. The van der Waals surface area contributed by atoms with Crippen LogP contribution in [0.5, 0.6) is 0 Å². The minimum Gasteiger partial charge on any atom is -0.364 e. The molecule has 11 heteroatoms. The molecule has 0 bridgehead atoms. The summed E-state index contributed by atoms with van der Waals surface area (Å²) >= 11 is 12.7. The molecule has 4 aromatic heterocycles. The lowest BCUT2D eigenvalue weighted by molar-refractivity contribution is -0.385. The van der Waals surface area contributed by atoms with Gasteiger partial charge in [0.1, 0.15) is 28.8 Å². The molecule has 0 aliphatic heterocycles. The molecule has 0 fully saturated rings. The Kier molecular flexibility index (Phi) is 5.80. The van der Waals surface area contributed by atoms with Crippen LogP contribution < -0.4 is 0 Å². The van der Waals surface area contributed by atoms with Crippen LogP contribution in [0.3, 0.4) is 0 Å². The fraction of sp³-hybridized carbons (Fsp3) is 0.0833. The molecule has 0 spiro atoms. The summed E-state index contributed by atoms with van der Waals surface area (Å²) in [5, 5.41) is 16.4. The molecule has 35 heavy (non-hydrogen) atoms. The molecule has 0 saturated carbocycles. The van der Waals surface area contributed by atoms with Crippen LogP contribution in [0.4, 0.5) is 5.69 Å². The number of benzene rings is 1. The van der Waals surface area contributed by atoms with E-state index in [0.29, 0.717) is 38.5 Å². The van der Waals surface area contributed by atoms with Gasteiger partial charge in [-0.25, -0.2) is 14.6 Å². The van der Waals surface area contributed by atoms with Crippen LogP contribution in [-0.2, 0) is 5.41 Å². The summed E-state index contributed by atoms with van der Waals surface area (Å²) in [5.41, 5.74) is 2.04. The van der Waals surface area contributed by atoms with Crippen molar-refractivity contribution in [3.05, 3.63) is 117 Å². The third-order valence-corrected chi connectivity index (χ3v) is 6.31. The lowest BCUT2D eigenvalue weighted by Gasteiger charge is -2.27. The van der Waals surface area contributed by atoms with Crippen molar-refractivity contribution in [3.63, 3.8) is 0 Å². The maximum atomic E-state index is 11.2. The first-order valence-corrected chi connectivity index (χ1v) is 11.2. The maximum absolute atomic E-state index is 11.2. The van der Waals surface area contributed by atoms with Gasteiger partial charge in [-0.3, -0.25) is 15.1 Å². The second-order valence-electron chi connectivity index (χ2n) is 7.87. The number of rotatable bonds is 6. The van der Waals surface area contributed by atoms with Gasteiger partial charge in [0.25, 0.3) is 5.69 Å². The molecule has 1 atom stereocenters. The van der Waals surface area contributed by atoms with Crippen molar-refractivity contribution in [2.24, 2.45) is 0 Å². The normalized spacial score (nSPS) is 12.9. The number of hydrogen-bond acceptors (Lipinski definition) is 6. The van der Waals surface area contributed by atoms with Gasteiger partial charge in [-0.15, -0.1) is 0 Å². The molecule has 9 nitrogen and oxygen atoms in total. The third-order valence-electron chi connectivity index (χ3n) is 5.76. The van der Waals surface area contributed by atoms with Gasteiger partial charge in [-0.05, 0) is 49.4 Å². The Hall–Kier alpha value is -4.08. The van der Waals surface area contributed by atoms with Crippen LogP contribution >= 0.6 is 23.2 Å². The largest absolute Gasteiger partial charge is 0.364 e. The Bertz CT molecular complexity index is 1500. The monoisotopic (exact) mass is 505 g/mol. The number of H-pyrrole nitrogens is 1. The fourth-order valence-electron chi connectivity index (χ4n) is 3.88. The molecule has 0 amide bonds. The quantitative estimate of drug-likeness (QED) is 0.236. The van der Waals surface area contributed by atoms with Gasteiger partial charge in [0.15, 0.2) is 0 Å². The highest BCUT2D eigenvalue weighted by Crippen LogP contribution is 2.38. The molecule has 1 unspecified atom stereocenters. The zero-order valence-corrected chi connectivity index (χ0v) is 19.8. The third kappa shape index (κ3) is 4.05. The van der Waals surface area contributed by atoms with Gasteiger partial charge in [0.05, 0.1) is 21.8 Å². The van der Waals surface area contributed by atoms with E-state index in [1.165, 1.54) is 12.3 Å². The highest BCUT2D eigenvalue weighted by molar-refractivity contribution is 6.36. The fourth-order valence-corrected chi connectivity index (χ4v) is 4.38. The number of nitrogens with one attached hydrogen (secondary N) is 1. The first-order valence-electron chi connectivity index (χ1n) is 10.5. The van der Waals surface area contributed by atoms with Crippen molar-refractivity contribution in [2.75, 3.05) is 0 Å². The zero-order valence-electron chi connectivity index (χ0n) is 18.3. The molecular formula is C24H17Cl2N7O2. The van der Waals surface area contributed by atoms with Crippen molar-refractivity contribution >= 4 is 28.9 Å². The Morgan fingerprint density at radius 1 is 1.09 bits per heavy atom. The van der Waals surface area contributed by atoms with Gasteiger partial charge < -0.3 is 4.98 Å². The molecule has 0 aliphatic rings. The predicted molar refractivity (Wildman–Crippen MR) is 132 cm³/mol. The summed E-state index contributed by atoms with van der Waals surface area (Å²) in [5.74, 6) is 0.415. The number of aromatic amines is 1. The maximum Gasteiger partial charge on any atom is 0.287 e. The van der Waals surface area contributed by atoms with Crippen molar-refractivity contribution in [1.29, 1.82) is 0 Å². The number of pyridine rings is 1. The number of nitro groups is 1. The Morgan fingerprint density at radius 3 is 2.57 bits per heavy atom. The molecule has 0 aliphatic carbocycles. The first-order chi connectivity index (χ1) is 16.9. The molecule has 1 aromatic carbocycles. The van der Waals surface area contributed by atoms with Crippen LogP contribution in [0.15, 0.2) is 79.5 Å². The first kappa shape index (κ1) is 22.7. The van der Waals surface area contributed by atoms with Crippen LogP contribution in [0, 0.1) is 10.1 Å². The van der Waals surface area contributed by atoms with Crippen LogP contribution in [-0.4, -0.2) is 34.6 Å². The van der Waals surface area contributed by atoms with Crippen molar-refractivity contribution < 1.29 is 4.92 Å². The second kappa shape index (κ2) is 8.94. The van der Waals surface area contributed by atoms with E-state index >= 15 is 0 Å². The van der Waals surface area contributed by atoms with Crippen molar-refractivity contribution in [3.8, 4) is 16.9 Å². The van der Waals surface area contributed by atoms with E-state index in [4.69, 9.17) is 33.2 Å². The van der Waals surface area contributed by atoms with E-state index in [-0.39, 0.29) is 5.69 Å². The standard InChI is InChI=1S/C24H17Cl2N7O2/c1-24(20-4-2-9-27-20,21-8-6-16(13-28-21)33(34)35)23-29-14-19(32-11-3-10-30-32)22(31-23)17-7-5-15(25)12-18(17)26/h2-14,27H,1H3. The molecular weight excluding hydrogens is 489 g/mol. The van der Waals surface area contributed by atoms with E-state index in [2.05, 4.69) is 15.1 Å². The molecule has 1 N–H and O–H groups in total. The Morgan fingerprint density at radius 2 is 1.94 bits per heavy atom. The molecule has 0 radical (unpaired) electrons. The van der Waals surface area contributed by atoms with Crippen LogP contribution in [0.1, 0.15) is 24.1 Å². The van der Waals surface area contributed by atoms with Crippen molar-refractivity contribution in [2.45, 2.75) is 12.3 Å². The van der Waals surface area contributed by atoms with E-state index in [0.717, 1.165) is 5.69 Å². The summed E-state index contributed by atoms with van der Waals surface area (Å²) in [7, 11) is 0. The summed E-state index contributed by atoms with van der Waals surface area (Å²) in [6.45, 7) is 1.91. The van der Waals surface area contributed by atoms with E-state index in [9.17, 15) is 10.1 Å². The SMILES string of the molecule is CC(c1ccc([N+](=O)[O-])cn1)(c1ncc(-n2cccn2)c(-c2ccc(Cl)cc2Cl)n1)c1ccc[nH]1. The number of halogens is 2. The number of nitrogens with zero attached hydrogens (tertiary/aromatic N) is 6. The predicted octanol–water partition coefficient (Wildman–Crippen LogP) is 5.62. The van der Waals surface area contributed by atoms with Crippen molar-refractivity contribution in [1.82, 2.24) is 29.7 Å². The average molecular weight is 506 g/mol. The van der Waals surface area contributed by atoms with E-state index in [1.54, 1.807) is 59.8 Å². The second-order valence-corrected chi connectivity index (χ2v) is 8.71. The smallest absolute Gasteiger partial charge is 0.287 e. The zero-order chi connectivity index (χ0) is 24.6. The highest BCUT2D eigenvalue weighted by Gasteiger charge is 2.38. The van der Waals surface area contributed by atoms with Gasteiger partial charge in [-0.1, -0.05) is 23.2 Å². The summed E-state index contributed by atoms with van der Waals surface area (Å²) in [6, 6.07) is 13.7. The van der Waals surface area contributed by atoms with E-state index in [1.807, 2.05) is 19.1 Å². The summed E-state index contributed by atoms with van der Waals surface area (Å²) in [4.78, 5) is 28.0. The lowest BCUT2D eigenvalue weighted by atomic mass is 9.81. The molecule has 5 aromatic rings. The molecule has 5 rings (SSSR count). The van der Waals surface area contributed by atoms with Crippen LogP contribution in [0.2, 0.25) is 10.0 Å². The van der Waals surface area contributed by atoms with Gasteiger partial charge in [0, 0.05) is 40.9 Å². The molecule has 4 heterocycles. The lowest BCUT2D eigenvalue weighted by Crippen LogP contribution is -2.30. The number of hydrogen-bond donors (Lipinski definition) is 1. The van der Waals surface area contributed by atoms with E-state index < -0.39 is 10.3 Å². The van der Waals surface area contributed by atoms with Crippen LogP contribution in [0.25, 0.3) is 16.9 Å². The average Bonchev–Trinajstić information content (AvgIpc) is 3.58. The minimum atomic E-state index is -0.963. The topological polar surface area (TPSA) is 115 Å². The summed E-state index contributed by atoms with van der Waals surface area (Å²) in [6.07, 6.45) is 8.13. The van der Waals surface area contributed by atoms with Gasteiger partial charge in [-0.2, -0.15) is 5.10 Å². The number of aromatic nitrogens is 6. The Labute approximate surface area is 209 Å². The minimum absolute atomic E-state index is 0.105. The molecule has 0 saturated heterocycles. The van der Waals surface area contributed by atoms with Gasteiger partial charge >= 0.3 is 0 Å². The summed E-state index contributed by atoms with van der Waals surface area (Å²) < 4.78 is 1.65. The Balaban J connectivity index is 1.75. The van der Waals surface area contributed by atoms with Gasteiger partial charge in [0.2, 0.25) is 0 Å². The molecule has 174 valence electrons.